The number of aromatic nitrogens is 1. The minimum atomic E-state index is 0.723. The smallest absolute Gasteiger partial charge is 0.161 e. The molecule has 2 aliphatic rings. The first-order valence-corrected chi connectivity index (χ1v) is 6.60. The van der Waals surface area contributed by atoms with Gasteiger partial charge >= 0.3 is 0 Å². The Labute approximate surface area is 99.8 Å². The lowest BCUT2D eigenvalue weighted by Crippen LogP contribution is -2.09. The van der Waals surface area contributed by atoms with Gasteiger partial charge in [-0.25, -0.2) is 0 Å². The second-order valence-corrected chi connectivity index (χ2v) is 5.68. The van der Waals surface area contributed by atoms with E-state index in [4.69, 9.17) is 0 Å². The summed E-state index contributed by atoms with van der Waals surface area (Å²) in [5.74, 6) is 0.921. The summed E-state index contributed by atoms with van der Waals surface area (Å²) < 4.78 is 0. The molecule has 0 aromatic carbocycles. The van der Waals surface area contributed by atoms with E-state index in [1.165, 1.54) is 12.8 Å². The number of pyridine rings is 1. The number of nitrogens with one attached hydrogen (secondary N) is 1. The number of hydrogen-bond donors (Lipinski definition) is 1. The first-order valence-electron chi connectivity index (χ1n) is 5.72. The fraction of sp³-hybridized carbons (Fsp3) is 0.500. The number of hydrogen-bond acceptors (Lipinski definition) is 4. The van der Waals surface area contributed by atoms with Crippen LogP contribution >= 0.6 is 11.8 Å². The lowest BCUT2D eigenvalue weighted by molar-refractivity contribution is 0.773. The zero-order valence-electron chi connectivity index (χ0n) is 9.31. The lowest BCUT2D eigenvalue weighted by Gasteiger charge is -2.07. The van der Waals surface area contributed by atoms with Crippen LogP contribution in [-0.4, -0.2) is 21.9 Å². The summed E-state index contributed by atoms with van der Waals surface area (Å²) in [7, 11) is 0. The SMILES string of the molecule is Cc1ccc(NC2=NCC(C3CC3)S2)cn1. The Hall–Kier alpha value is -1.03. The number of rotatable bonds is 2. The van der Waals surface area contributed by atoms with Gasteiger partial charge in [-0.1, -0.05) is 11.8 Å². The molecular weight excluding hydrogens is 218 g/mol. The molecule has 0 amide bonds. The number of aliphatic imine (C=N–C) groups is 1. The van der Waals surface area contributed by atoms with Gasteiger partial charge in [0.15, 0.2) is 5.17 Å². The second kappa shape index (κ2) is 4.09. The lowest BCUT2D eigenvalue weighted by atomic mass is 10.3. The molecule has 1 atom stereocenters. The summed E-state index contributed by atoms with van der Waals surface area (Å²) in [6.45, 7) is 2.98. The summed E-state index contributed by atoms with van der Waals surface area (Å²) >= 11 is 1.89. The third kappa shape index (κ3) is 2.21. The van der Waals surface area contributed by atoms with E-state index in [9.17, 15) is 0 Å². The van der Waals surface area contributed by atoms with Gasteiger partial charge in [0.25, 0.3) is 0 Å². The molecule has 0 saturated heterocycles. The molecule has 1 N–H and O–H groups in total. The summed E-state index contributed by atoms with van der Waals surface area (Å²) in [6.07, 6.45) is 4.65. The fourth-order valence-corrected chi connectivity index (χ4v) is 3.06. The Kier molecular flexibility index (Phi) is 2.59. The van der Waals surface area contributed by atoms with E-state index >= 15 is 0 Å². The van der Waals surface area contributed by atoms with Crippen LogP contribution in [0.5, 0.6) is 0 Å². The van der Waals surface area contributed by atoms with E-state index in [1.54, 1.807) is 0 Å². The Bertz CT molecular complexity index is 409. The zero-order valence-corrected chi connectivity index (χ0v) is 10.1. The molecule has 1 unspecified atom stereocenters. The molecule has 2 heterocycles. The number of amidine groups is 1. The van der Waals surface area contributed by atoms with Gasteiger partial charge in [-0.3, -0.25) is 9.98 Å². The maximum Gasteiger partial charge on any atom is 0.161 e. The monoisotopic (exact) mass is 233 g/mol. The summed E-state index contributed by atoms with van der Waals surface area (Å²) in [4.78, 5) is 8.80. The van der Waals surface area contributed by atoms with Crippen molar-refractivity contribution in [1.29, 1.82) is 0 Å². The van der Waals surface area contributed by atoms with Crippen molar-refractivity contribution < 1.29 is 0 Å². The van der Waals surface area contributed by atoms with Crippen molar-refractivity contribution in [3.8, 4) is 0 Å². The van der Waals surface area contributed by atoms with Crippen molar-refractivity contribution in [2.75, 3.05) is 11.9 Å². The molecule has 1 aliphatic carbocycles. The third-order valence-electron chi connectivity index (χ3n) is 2.99. The molecule has 3 nitrogen and oxygen atoms in total. The first kappa shape index (κ1) is 10.1. The predicted molar refractivity (Wildman–Crippen MR) is 69.0 cm³/mol. The van der Waals surface area contributed by atoms with Gasteiger partial charge in [0.1, 0.15) is 0 Å². The Morgan fingerprint density at radius 2 is 2.25 bits per heavy atom. The van der Waals surface area contributed by atoms with Crippen LogP contribution in [0.3, 0.4) is 0 Å². The molecule has 0 bridgehead atoms. The molecule has 1 saturated carbocycles. The van der Waals surface area contributed by atoms with E-state index < -0.39 is 0 Å². The van der Waals surface area contributed by atoms with Crippen molar-refractivity contribution in [2.45, 2.75) is 25.0 Å². The first-order chi connectivity index (χ1) is 7.81. The summed E-state index contributed by atoms with van der Waals surface area (Å²) in [5, 5.41) is 5.11. The van der Waals surface area contributed by atoms with Crippen LogP contribution in [0.25, 0.3) is 0 Å². The van der Waals surface area contributed by atoms with E-state index in [0.717, 1.165) is 34.3 Å². The predicted octanol–water partition coefficient (Wildman–Crippen LogP) is 2.68. The number of aryl methyl sites for hydroxylation is 1. The second-order valence-electron chi connectivity index (χ2n) is 4.45. The molecule has 1 aromatic heterocycles. The van der Waals surface area contributed by atoms with Crippen LogP contribution in [0.1, 0.15) is 18.5 Å². The standard InChI is InChI=1S/C12H15N3S/c1-8-2-5-10(6-13-8)15-12-14-7-11(16-12)9-3-4-9/h2,5-6,9,11H,3-4,7H2,1H3,(H,14,15). The van der Waals surface area contributed by atoms with E-state index in [-0.39, 0.29) is 0 Å². The highest BCUT2D eigenvalue weighted by Gasteiger charge is 2.35. The van der Waals surface area contributed by atoms with Crippen molar-refractivity contribution in [2.24, 2.45) is 10.9 Å². The maximum atomic E-state index is 4.54. The minimum absolute atomic E-state index is 0.723. The van der Waals surface area contributed by atoms with Gasteiger partial charge in [0, 0.05) is 10.9 Å². The van der Waals surface area contributed by atoms with E-state index in [0.29, 0.717) is 0 Å². The molecule has 0 spiro atoms. The van der Waals surface area contributed by atoms with Crippen LogP contribution in [0.15, 0.2) is 23.3 Å². The molecule has 16 heavy (non-hydrogen) atoms. The van der Waals surface area contributed by atoms with Crippen LogP contribution in [0.2, 0.25) is 0 Å². The zero-order chi connectivity index (χ0) is 11.0. The average molecular weight is 233 g/mol. The molecule has 3 rings (SSSR count). The number of anilines is 1. The van der Waals surface area contributed by atoms with Crippen LogP contribution < -0.4 is 5.32 Å². The van der Waals surface area contributed by atoms with Gasteiger partial charge in [-0.05, 0) is 37.8 Å². The van der Waals surface area contributed by atoms with Gasteiger partial charge in [0.2, 0.25) is 0 Å². The highest BCUT2D eigenvalue weighted by atomic mass is 32.2. The van der Waals surface area contributed by atoms with Gasteiger partial charge < -0.3 is 5.32 Å². The third-order valence-corrected chi connectivity index (χ3v) is 4.28. The summed E-state index contributed by atoms with van der Waals surface area (Å²) in [5.41, 5.74) is 2.08. The highest BCUT2D eigenvalue weighted by molar-refractivity contribution is 8.15. The molecule has 84 valence electrons. The highest BCUT2D eigenvalue weighted by Crippen LogP contribution is 2.41. The van der Waals surface area contributed by atoms with E-state index in [2.05, 4.69) is 21.4 Å². The van der Waals surface area contributed by atoms with Gasteiger partial charge in [-0.15, -0.1) is 0 Å². The Morgan fingerprint density at radius 1 is 1.38 bits per heavy atom. The topological polar surface area (TPSA) is 37.3 Å². The molecule has 1 aliphatic heterocycles. The van der Waals surface area contributed by atoms with Crippen molar-refractivity contribution in [3.05, 3.63) is 24.0 Å². The van der Waals surface area contributed by atoms with Gasteiger partial charge in [0.05, 0.1) is 18.4 Å². The Morgan fingerprint density at radius 3 is 2.94 bits per heavy atom. The molecule has 4 heteroatoms. The van der Waals surface area contributed by atoms with Crippen molar-refractivity contribution >= 4 is 22.6 Å². The van der Waals surface area contributed by atoms with Crippen molar-refractivity contribution in [3.63, 3.8) is 0 Å². The number of thioether (sulfide) groups is 1. The quantitative estimate of drug-likeness (QED) is 0.853. The van der Waals surface area contributed by atoms with Crippen molar-refractivity contribution in [1.82, 2.24) is 4.98 Å². The molecule has 0 radical (unpaired) electrons. The average Bonchev–Trinajstić information content (AvgIpc) is 3.04. The van der Waals surface area contributed by atoms with Crippen LogP contribution in [-0.2, 0) is 0 Å². The number of nitrogens with zero attached hydrogens (tertiary/aromatic N) is 2. The maximum absolute atomic E-state index is 4.54. The Balaban J connectivity index is 1.60. The molecule has 1 aromatic rings. The van der Waals surface area contributed by atoms with E-state index in [1.807, 2.05) is 30.9 Å². The van der Waals surface area contributed by atoms with Crippen LogP contribution in [0.4, 0.5) is 5.69 Å². The molecular formula is C12H15N3S. The van der Waals surface area contributed by atoms with Gasteiger partial charge in [-0.2, -0.15) is 0 Å². The fourth-order valence-electron chi connectivity index (χ4n) is 1.84. The molecule has 1 fully saturated rings. The largest absolute Gasteiger partial charge is 0.334 e. The normalized spacial score (nSPS) is 24.3. The van der Waals surface area contributed by atoms with Crippen LogP contribution in [0, 0.1) is 12.8 Å². The minimum Gasteiger partial charge on any atom is -0.334 e. The summed E-state index contributed by atoms with van der Waals surface area (Å²) in [6, 6.07) is 4.07.